The Balaban J connectivity index is 2.01. The molecule has 2 N–H and O–H groups in total. The highest BCUT2D eigenvalue weighted by molar-refractivity contribution is 5.89. The molecule has 0 atom stereocenters. The van der Waals surface area contributed by atoms with E-state index in [1.165, 1.54) is 18.5 Å². The first-order chi connectivity index (χ1) is 11.3. The molecule has 23 heavy (non-hydrogen) atoms. The second-order valence-corrected chi connectivity index (χ2v) is 5.06. The van der Waals surface area contributed by atoms with E-state index in [2.05, 4.69) is 15.2 Å². The molecule has 0 spiro atoms. The van der Waals surface area contributed by atoms with Crippen LogP contribution in [-0.2, 0) is 6.54 Å². The summed E-state index contributed by atoms with van der Waals surface area (Å²) in [5, 5.41) is 8.51. The van der Waals surface area contributed by atoms with Crippen LogP contribution in [0.1, 0.15) is 5.56 Å². The molecular formula is C16H12FN5O. The van der Waals surface area contributed by atoms with Crippen LogP contribution in [0.15, 0.2) is 53.5 Å². The van der Waals surface area contributed by atoms with E-state index in [0.29, 0.717) is 18.1 Å². The van der Waals surface area contributed by atoms with Gasteiger partial charge in [0.05, 0.1) is 11.1 Å². The molecule has 0 saturated heterocycles. The van der Waals surface area contributed by atoms with Crippen molar-refractivity contribution in [2.45, 2.75) is 6.54 Å². The summed E-state index contributed by atoms with van der Waals surface area (Å²) in [6, 6.07) is 9.97. The van der Waals surface area contributed by atoms with Crippen molar-refractivity contribution in [2.24, 2.45) is 5.73 Å². The first-order valence-electron chi connectivity index (χ1n) is 7.00. The lowest BCUT2D eigenvalue weighted by molar-refractivity contribution is 0.419. The van der Waals surface area contributed by atoms with Crippen molar-refractivity contribution >= 4 is 5.52 Å². The van der Waals surface area contributed by atoms with Gasteiger partial charge >= 0.3 is 0 Å². The average molecular weight is 309 g/mol. The van der Waals surface area contributed by atoms with Gasteiger partial charge in [-0.15, -0.1) is 0 Å². The van der Waals surface area contributed by atoms with Gasteiger partial charge in [0.25, 0.3) is 0 Å². The molecule has 0 radical (unpaired) electrons. The minimum Gasteiger partial charge on any atom is -0.342 e. The van der Waals surface area contributed by atoms with Crippen molar-refractivity contribution in [3.63, 3.8) is 0 Å². The van der Waals surface area contributed by atoms with Crippen LogP contribution in [0.2, 0.25) is 0 Å². The maximum Gasteiger partial charge on any atom is 0.214 e. The highest BCUT2D eigenvalue weighted by atomic mass is 19.1. The molecule has 0 fully saturated rings. The summed E-state index contributed by atoms with van der Waals surface area (Å²) in [6.07, 6.45) is 3.12. The molecule has 0 aliphatic rings. The smallest absolute Gasteiger partial charge is 0.214 e. The van der Waals surface area contributed by atoms with Gasteiger partial charge in [0.15, 0.2) is 0 Å². The van der Waals surface area contributed by atoms with E-state index in [1.54, 1.807) is 16.6 Å². The van der Waals surface area contributed by atoms with Crippen LogP contribution >= 0.6 is 0 Å². The summed E-state index contributed by atoms with van der Waals surface area (Å²) in [5.41, 5.74) is 9.61. The molecule has 114 valence electrons. The molecular weight excluding hydrogens is 297 g/mol. The predicted octanol–water partition coefficient (Wildman–Crippen LogP) is 2.65. The van der Waals surface area contributed by atoms with Crippen LogP contribution in [0.25, 0.3) is 28.2 Å². The van der Waals surface area contributed by atoms with Crippen LogP contribution in [-0.4, -0.2) is 19.8 Å². The fourth-order valence-corrected chi connectivity index (χ4v) is 2.52. The van der Waals surface area contributed by atoms with E-state index in [9.17, 15) is 4.39 Å². The van der Waals surface area contributed by atoms with Gasteiger partial charge in [-0.25, -0.2) is 8.91 Å². The molecule has 4 rings (SSSR count). The highest BCUT2D eigenvalue weighted by Gasteiger charge is 2.19. The lowest BCUT2D eigenvalue weighted by atomic mass is 10.1. The first-order valence-corrected chi connectivity index (χ1v) is 7.00. The third-order valence-corrected chi connectivity index (χ3v) is 3.63. The van der Waals surface area contributed by atoms with Crippen LogP contribution in [0.3, 0.4) is 0 Å². The monoisotopic (exact) mass is 309 g/mol. The average Bonchev–Trinajstić information content (AvgIpc) is 3.21. The third-order valence-electron chi connectivity index (χ3n) is 3.63. The number of aromatic nitrogens is 4. The van der Waals surface area contributed by atoms with E-state index in [-0.39, 0.29) is 5.82 Å². The third kappa shape index (κ3) is 2.27. The van der Waals surface area contributed by atoms with Crippen molar-refractivity contribution < 1.29 is 8.91 Å². The first kappa shape index (κ1) is 13.6. The molecule has 0 unspecified atom stereocenters. The molecule has 0 bridgehead atoms. The van der Waals surface area contributed by atoms with Crippen molar-refractivity contribution in [3.05, 3.63) is 60.4 Å². The van der Waals surface area contributed by atoms with Gasteiger partial charge in [0.2, 0.25) is 12.2 Å². The molecule has 0 aliphatic carbocycles. The van der Waals surface area contributed by atoms with Crippen molar-refractivity contribution in [1.82, 2.24) is 19.8 Å². The number of fused-ring (bicyclic) bond motifs is 1. The largest absolute Gasteiger partial charge is 0.342 e. The number of benzene rings is 1. The van der Waals surface area contributed by atoms with Gasteiger partial charge in [-0.2, -0.15) is 10.1 Å². The number of halogens is 1. The molecule has 4 aromatic rings. The summed E-state index contributed by atoms with van der Waals surface area (Å²) < 4.78 is 19.8. The van der Waals surface area contributed by atoms with E-state index < -0.39 is 0 Å². The summed E-state index contributed by atoms with van der Waals surface area (Å²) >= 11 is 0. The second kappa shape index (κ2) is 5.29. The second-order valence-electron chi connectivity index (χ2n) is 5.06. The van der Waals surface area contributed by atoms with Gasteiger partial charge in [0.1, 0.15) is 11.5 Å². The fourth-order valence-electron chi connectivity index (χ4n) is 2.52. The van der Waals surface area contributed by atoms with Gasteiger partial charge in [0, 0.05) is 18.3 Å². The lowest BCUT2D eigenvalue weighted by Crippen LogP contribution is -1.98. The minimum absolute atomic E-state index is 0.302. The van der Waals surface area contributed by atoms with E-state index >= 15 is 0 Å². The highest BCUT2D eigenvalue weighted by Crippen LogP contribution is 2.33. The topological polar surface area (TPSA) is 82.2 Å². The number of hydrogen-bond acceptors (Lipinski definition) is 5. The summed E-state index contributed by atoms with van der Waals surface area (Å²) in [4.78, 5) is 4.13. The summed E-state index contributed by atoms with van der Waals surface area (Å²) in [5.74, 6) is 0.129. The Hall–Kier alpha value is -3.06. The Bertz CT molecular complexity index is 960. The van der Waals surface area contributed by atoms with Crippen LogP contribution in [0, 0.1) is 5.82 Å². The van der Waals surface area contributed by atoms with Crippen molar-refractivity contribution in [3.8, 4) is 22.6 Å². The van der Waals surface area contributed by atoms with Crippen LogP contribution in [0.5, 0.6) is 0 Å². The van der Waals surface area contributed by atoms with Gasteiger partial charge in [-0.3, -0.25) is 0 Å². The molecule has 6 nitrogen and oxygen atoms in total. The molecule has 3 heterocycles. The Morgan fingerprint density at radius 3 is 2.65 bits per heavy atom. The zero-order chi connectivity index (χ0) is 15.8. The molecule has 1 aromatic carbocycles. The SMILES string of the molecule is NCc1ccc2c(-c3ncon3)c(-c3ccc(F)cc3)nn2c1. The maximum absolute atomic E-state index is 13.2. The number of rotatable bonds is 3. The van der Waals surface area contributed by atoms with Crippen molar-refractivity contribution in [1.29, 1.82) is 0 Å². The fraction of sp³-hybridized carbons (Fsp3) is 0.0625. The van der Waals surface area contributed by atoms with E-state index in [4.69, 9.17) is 10.3 Å². The Labute approximate surface area is 130 Å². The molecule has 3 aromatic heterocycles. The van der Waals surface area contributed by atoms with E-state index in [0.717, 1.165) is 22.2 Å². The molecule has 0 amide bonds. The molecule has 0 aliphatic heterocycles. The zero-order valence-electron chi connectivity index (χ0n) is 12.0. The molecule has 0 saturated carbocycles. The van der Waals surface area contributed by atoms with Gasteiger partial charge < -0.3 is 10.3 Å². The zero-order valence-corrected chi connectivity index (χ0v) is 12.0. The number of nitrogens with two attached hydrogens (primary N) is 1. The van der Waals surface area contributed by atoms with Crippen LogP contribution in [0.4, 0.5) is 4.39 Å². The molecule has 7 heteroatoms. The van der Waals surface area contributed by atoms with Gasteiger partial charge in [-0.05, 0) is 35.9 Å². The number of nitrogens with zero attached hydrogens (tertiary/aromatic N) is 4. The van der Waals surface area contributed by atoms with E-state index in [1.807, 2.05) is 18.3 Å². The quantitative estimate of drug-likeness (QED) is 0.629. The summed E-state index contributed by atoms with van der Waals surface area (Å²) in [6.45, 7) is 0.416. The normalized spacial score (nSPS) is 11.2. The Morgan fingerprint density at radius 2 is 1.96 bits per heavy atom. The minimum atomic E-state index is -0.302. The lowest BCUT2D eigenvalue weighted by Gasteiger charge is -1.99. The predicted molar refractivity (Wildman–Crippen MR) is 81.8 cm³/mol. The Kier molecular flexibility index (Phi) is 3.13. The standard InChI is InChI=1S/C16H12FN5O/c17-12-4-2-11(3-5-12)15-14(16-19-9-23-21-16)13-6-1-10(7-18)8-22(13)20-15/h1-6,8-9H,7,18H2. The van der Waals surface area contributed by atoms with Crippen molar-refractivity contribution in [2.75, 3.05) is 0 Å². The van der Waals surface area contributed by atoms with Gasteiger partial charge in [-0.1, -0.05) is 11.2 Å². The Morgan fingerprint density at radius 1 is 1.13 bits per heavy atom. The van der Waals surface area contributed by atoms with Crippen LogP contribution < -0.4 is 5.73 Å². The number of hydrogen-bond donors (Lipinski definition) is 1. The number of pyridine rings is 1. The maximum atomic E-state index is 13.2. The summed E-state index contributed by atoms with van der Waals surface area (Å²) in [7, 11) is 0.